The van der Waals surface area contributed by atoms with Crippen molar-refractivity contribution in [3.05, 3.63) is 29.3 Å². The van der Waals surface area contributed by atoms with Gasteiger partial charge in [0.05, 0.1) is 5.75 Å². The predicted molar refractivity (Wildman–Crippen MR) is 85.6 cm³/mol. The number of benzene rings is 1. The van der Waals surface area contributed by atoms with Crippen LogP contribution in [0, 0.1) is 0 Å². The van der Waals surface area contributed by atoms with Crippen molar-refractivity contribution in [3.63, 3.8) is 0 Å². The molecule has 1 unspecified atom stereocenters. The van der Waals surface area contributed by atoms with Crippen molar-refractivity contribution in [1.29, 1.82) is 0 Å². The normalized spacial score (nSPS) is 18.1. The Kier molecular flexibility index (Phi) is 6.30. The zero-order chi connectivity index (χ0) is 13.9. The molecule has 114 valence electrons. The molecule has 3 N–H and O–H groups in total. The van der Waals surface area contributed by atoms with Crippen LogP contribution >= 0.6 is 12.4 Å². The fraction of sp³-hybridized carbons (Fsp3) is 0.571. The summed E-state index contributed by atoms with van der Waals surface area (Å²) in [5.74, 6) is 0.213. The minimum absolute atomic E-state index is 0. The minimum atomic E-state index is -3.18. The molecule has 1 atom stereocenters. The Morgan fingerprint density at radius 3 is 2.85 bits per heavy atom. The molecule has 6 heteroatoms. The molecule has 4 nitrogen and oxygen atoms in total. The van der Waals surface area contributed by atoms with E-state index >= 15 is 0 Å². The van der Waals surface area contributed by atoms with Gasteiger partial charge in [-0.05, 0) is 48.9 Å². The lowest BCUT2D eigenvalue weighted by Crippen LogP contribution is -2.32. The maximum atomic E-state index is 12.0. The van der Waals surface area contributed by atoms with Gasteiger partial charge in [0.1, 0.15) is 0 Å². The van der Waals surface area contributed by atoms with Gasteiger partial charge in [-0.3, -0.25) is 0 Å². The Morgan fingerprint density at radius 2 is 2.15 bits per heavy atom. The Morgan fingerprint density at radius 1 is 1.40 bits per heavy atom. The van der Waals surface area contributed by atoms with E-state index in [1.165, 1.54) is 5.56 Å². The summed E-state index contributed by atoms with van der Waals surface area (Å²) in [4.78, 5) is 0. The highest BCUT2D eigenvalue weighted by atomic mass is 35.5. The number of hydrogen-bond donors (Lipinski definition) is 2. The molecule has 1 aliphatic rings. The first-order valence-corrected chi connectivity index (χ1v) is 8.55. The SMILES string of the molecule is CCCCS(=O)(=O)NC1CCCc2cc(N)ccc21.Cl. The minimum Gasteiger partial charge on any atom is -0.399 e. The van der Waals surface area contributed by atoms with Crippen LogP contribution in [0.15, 0.2) is 18.2 Å². The summed E-state index contributed by atoms with van der Waals surface area (Å²) in [7, 11) is -3.18. The predicted octanol–water partition coefficient (Wildman–Crippen LogP) is 2.79. The van der Waals surface area contributed by atoms with Gasteiger partial charge in [-0.1, -0.05) is 19.4 Å². The van der Waals surface area contributed by atoms with Crippen LogP contribution in [0.2, 0.25) is 0 Å². The fourth-order valence-corrected chi connectivity index (χ4v) is 4.03. The zero-order valence-electron chi connectivity index (χ0n) is 11.8. The molecule has 20 heavy (non-hydrogen) atoms. The number of hydrogen-bond acceptors (Lipinski definition) is 3. The van der Waals surface area contributed by atoms with Crippen molar-refractivity contribution < 1.29 is 8.42 Å². The van der Waals surface area contributed by atoms with Gasteiger partial charge in [-0.15, -0.1) is 12.4 Å². The highest BCUT2D eigenvalue weighted by Gasteiger charge is 2.24. The number of halogens is 1. The summed E-state index contributed by atoms with van der Waals surface area (Å²) < 4.78 is 26.8. The molecule has 0 fully saturated rings. The van der Waals surface area contributed by atoms with E-state index in [9.17, 15) is 8.42 Å². The van der Waals surface area contributed by atoms with Gasteiger partial charge in [-0.2, -0.15) is 0 Å². The second-order valence-electron chi connectivity index (χ2n) is 5.19. The summed E-state index contributed by atoms with van der Waals surface area (Å²) >= 11 is 0. The highest BCUT2D eigenvalue weighted by Crippen LogP contribution is 2.31. The van der Waals surface area contributed by atoms with E-state index in [0.29, 0.717) is 6.42 Å². The molecule has 0 spiro atoms. The first-order chi connectivity index (χ1) is 9.02. The van der Waals surface area contributed by atoms with Crippen molar-refractivity contribution in [2.75, 3.05) is 11.5 Å². The average Bonchev–Trinajstić information content (AvgIpc) is 2.36. The van der Waals surface area contributed by atoms with Crippen LogP contribution in [0.1, 0.15) is 49.8 Å². The van der Waals surface area contributed by atoms with Gasteiger partial charge in [-0.25, -0.2) is 13.1 Å². The van der Waals surface area contributed by atoms with Gasteiger partial charge in [0, 0.05) is 11.7 Å². The fourth-order valence-electron chi connectivity index (χ4n) is 2.57. The lowest BCUT2D eigenvalue weighted by Gasteiger charge is -2.26. The number of nitrogens with one attached hydrogen (secondary N) is 1. The summed E-state index contributed by atoms with van der Waals surface area (Å²) in [6.45, 7) is 1.99. The van der Waals surface area contributed by atoms with E-state index in [0.717, 1.165) is 36.9 Å². The second kappa shape index (κ2) is 7.29. The first-order valence-electron chi connectivity index (χ1n) is 6.90. The van der Waals surface area contributed by atoms with E-state index in [2.05, 4.69) is 4.72 Å². The molecule has 0 amide bonds. The smallest absolute Gasteiger partial charge is 0.212 e. The Bertz CT molecular complexity index is 546. The molecule has 0 aliphatic heterocycles. The van der Waals surface area contributed by atoms with Gasteiger partial charge < -0.3 is 5.73 Å². The van der Waals surface area contributed by atoms with Crippen molar-refractivity contribution in [1.82, 2.24) is 4.72 Å². The molecule has 0 bridgehead atoms. The zero-order valence-corrected chi connectivity index (χ0v) is 13.4. The number of aryl methyl sites for hydroxylation is 1. The molecule has 1 aromatic rings. The van der Waals surface area contributed by atoms with E-state index in [-0.39, 0.29) is 24.2 Å². The molecule has 0 aromatic heterocycles. The van der Waals surface area contributed by atoms with E-state index in [1.807, 2.05) is 25.1 Å². The quantitative estimate of drug-likeness (QED) is 0.820. The van der Waals surface area contributed by atoms with Gasteiger partial charge in [0.2, 0.25) is 10.0 Å². The summed E-state index contributed by atoms with van der Waals surface area (Å²) in [6.07, 6.45) is 4.43. The largest absolute Gasteiger partial charge is 0.399 e. The third kappa shape index (κ3) is 4.36. The molecule has 0 radical (unpaired) electrons. The maximum Gasteiger partial charge on any atom is 0.212 e. The summed E-state index contributed by atoms with van der Waals surface area (Å²) in [5.41, 5.74) is 8.78. The average molecular weight is 319 g/mol. The number of anilines is 1. The van der Waals surface area contributed by atoms with Crippen molar-refractivity contribution in [2.24, 2.45) is 0 Å². The lowest BCUT2D eigenvalue weighted by molar-refractivity contribution is 0.506. The Balaban J connectivity index is 0.00000200. The van der Waals surface area contributed by atoms with Crippen LogP contribution in [-0.2, 0) is 16.4 Å². The Hall–Kier alpha value is -0.780. The molecular weight excluding hydrogens is 296 g/mol. The van der Waals surface area contributed by atoms with Crippen molar-refractivity contribution in [3.8, 4) is 0 Å². The molecule has 0 saturated carbocycles. The van der Waals surface area contributed by atoms with Gasteiger partial charge in [0.25, 0.3) is 0 Å². The molecule has 0 saturated heterocycles. The number of nitrogens with two attached hydrogens (primary N) is 1. The highest BCUT2D eigenvalue weighted by molar-refractivity contribution is 7.89. The molecule has 2 rings (SSSR count). The number of nitrogen functional groups attached to an aromatic ring is 1. The van der Waals surface area contributed by atoms with Crippen molar-refractivity contribution >= 4 is 28.1 Å². The third-order valence-electron chi connectivity index (χ3n) is 3.57. The lowest BCUT2D eigenvalue weighted by atomic mass is 9.88. The Labute approximate surface area is 127 Å². The van der Waals surface area contributed by atoms with Crippen LogP contribution in [0.3, 0.4) is 0 Å². The second-order valence-corrected chi connectivity index (χ2v) is 7.07. The van der Waals surface area contributed by atoms with E-state index in [1.54, 1.807) is 0 Å². The van der Waals surface area contributed by atoms with E-state index < -0.39 is 10.0 Å². The number of unbranched alkanes of at least 4 members (excludes halogenated alkanes) is 1. The standard InChI is InChI=1S/C14H22N2O2S.ClH/c1-2-3-9-19(17,18)16-14-6-4-5-11-10-12(15)7-8-13(11)14;/h7-8,10,14,16H,2-6,9,15H2,1H3;1H. The first kappa shape index (κ1) is 17.3. The molecular formula is C14H23ClN2O2S. The third-order valence-corrected chi connectivity index (χ3v) is 5.04. The van der Waals surface area contributed by atoms with Crippen LogP contribution < -0.4 is 10.5 Å². The summed E-state index contributed by atoms with van der Waals surface area (Å²) in [6, 6.07) is 5.67. The van der Waals surface area contributed by atoms with Crippen LogP contribution in [0.5, 0.6) is 0 Å². The number of rotatable bonds is 5. The van der Waals surface area contributed by atoms with Crippen LogP contribution in [-0.4, -0.2) is 14.2 Å². The monoisotopic (exact) mass is 318 g/mol. The topological polar surface area (TPSA) is 72.2 Å². The number of sulfonamides is 1. The molecule has 0 heterocycles. The van der Waals surface area contributed by atoms with Gasteiger partial charge >= 0.3 is 0 Å². The molecule has 1 aliphatic carbocycles. The maximum absolute atomic E-state index is 12.0. The van der Waals surface area contributed by atoms with Crippen LogP contribution in [0.25, 0.3) is 0 Å². The number of fused-ring (bicyclic) bond motifs is 1. The van der Waals surface area contributed by atoms with Crippen LogP contribution in [0.4, 0.5) is 5.69 Å². The van der Waals surface area contributed by atoms with Crippen molar-refractivity contribution in [2.45, 2.75) is 45.1 Å². The van der Waals surface area contributed by atoms with E-state index in [4.69, 9.17) is 5.73 Å². The molecule has 1 aromatic carbocycles. The summed E-state index contributed by atoms with van der Waals surface area (Å²) in [5, 5.41) is 0. The van der Waals surface area contributed by atoms with Gasteiger partial charge in [0.15, 0.2) is 0 Å².